The molecule has 0 radical (unpaired) electrons. The van der Waals surface area contributed by atoms with Crippen LogP contribution in [-0.4, -0.2) is 18.6 Å². The molecule has 1 saturated heterocycles. The van der Waals surface area contributed by atoms with Gasteiger partial charge < -0.3 is 10.1 Å². The van der Waals surface area contributed by atoms with Crippen LogP contribution in [0.3, 0.4) is 0 Å². The fourth-order valence-corrected chi connectivity index (χ4v) is 2.42. The third-order valence-corrected chi connectivity index (χ3v) is 3.73. The Balaban J connectivity index is 1.84. The molecular weight excluding hydrogens is 294 g/mol. The third kappa shape index (κ3) is 3.82. The van der Waals surface area contributed by atoms with Gasteiger partial charge in [-0.1, -0.05) is 40.2 Å². The normalized spacial score (nSPS) is 19.5. The molecule has 0 spiro atoms. The molecule has 0 aromatic heterocycles. The number of rotatable bonds is 4. The van der Waals surface area contributed by atoms with Crippen molar-refractivity contribution < 1.29 is 9.53 Å². The first-order chi connectivity index (χ1) is 8.79. The molecule has 1 amide bonds. The summed E-state index contributed by atoms with van der Waals surface area (Å²) in [7, 11) is 0. The van der Waals surface area contributed by atoms with Gasteiger partial charge in [0.05, 0.1) is 0 Å². The second kappa shape index (κ2) is 6.90. The van der Waals surface area contributed by atoms with Crippen molar-refractivity contribution in [3.05, 3.63) is 35.4 Å². The molecular formula is C14H18BrNO2. The predicted molar refractivity (Wildman–Crippen MR) is 74.5 cm³/mol. The molecule has 2 rings (SSSR count). The Labute approximate surface area is 116 Å². The summed E-state index contributed by atoms with van der Waals surface area (Å²) >= 11 is 3.43. The van der Waals surface area contributed by atoms with Crippen LogP contribution in [0.5, 0.6) is 0 Å². The first-order valence-electron chi connectivity index (χ1n) is 6.32. The first kappa shape index (κ1) is 13.6. The molecule has 1 aliphatic rings. The molecule has 0 aliphatic carbocycles. The summed E-state index contributed by atoms with van der Waals surface area (Å²) in [6.45, 7) is 1.27. The largest absolute Gasteiger partial charge is 0.368 e. The molecule has 1 aromatic rings. The molecule has 1 fully saturated rings. The maximum absolute atomic E-state index is 11.9. The van der Waals surface area contributed by atoms with E-state index in [-0.39, 0.29) is 12.0 Å². The summed E-state index contributed by atoms with van der Waals surface area (Å²) < 4.78 is 5.45. The Morgan fingerprint density at radius 3 is 2.94 bits per heavy atom. The van der Waals surface area contributed by atoms with Crippen molar-refractivity contribution in [1.29, 1.82) is 0 Å². The molecule has 1 aromatic carbocycles. The minimum absolute atomic E-state index is 0.0129. The van der Waals surface area contributed by atoms with Crippen LogP contribution in [0.15, 0.2) is 24.3 Å². The van der Waals surface area contributed by atoms with E-state index in [4.69, 9.17) is 4.74 Å². The minimum atomic E-state index is -0.252. The number of nitrogens with one attached hydrogen (secondary N) is 1. The maximum atomic E-state index is 11.9. The number of carbonyl (C=O) groups excluding carboxylic acids is 1. The summed E-state index contributed by atoms with van der Waals surface area (Å²) in [5.74, 6) is 0.0129. The Kier molecular flexibility index (Phi) is 5.20. The monoisotopic (exact) mass is 311 g/mol. The third-order valence-electron chi connectivity index (χ3n) is 3.08. The quantitative estimate of drug-likeness (QED) is 0.868. The zero-order valence-electron chi connectivity index (χ0n) is 10.3. The molecule has 4 heteroatoms. The van der Waals surface area contributed by atoms with Gasteiger partial charge in [0.2, 0.25) is 5.91 Å². The molecule has 3 nitrogen and oxygen atoms in total. The maximum Gasteiger partial charge on any atom is 0.249 e. The second-order valence-corrected chi connectivity index (χ2v) is 5.09. The van der Waals surface area contributed by atoms with Crippen LogP contribution in [0.1, 0.15) is 30.4 Å². The van der Waals surface area contributed by atoms with E-state index in [2.05, 4.69) is 33.4 Å². The highest BCUT2D eigenvalue weighted by Crippen LogP contribution is 2.13. The highest BCUT2D eigenvalue weighted by Gasteiger charge is 2.21. The van der Waals surface area contributed by atoms with Crippen molar-refractivity contribution >= 4 is 21.8 Å². The van der Waals surface area contributed by atoms with Crippen LogP contribution < -0.4 is 5.32 Å². The van der Waals surface area contributed by atoms with Gasteiger partial charge in [-0.05, 0) is 30.4 Å². The highest BCUT2D eigenvalue weighted by atomic mass is 79.9. The van der Waals surface area contributed by atoms with Crippen LogP contribution in [0.2, 0.25) is 0 Å². The van der Waals surface area contributed by atoms with Crippen LogP contribution >= 0.6 is 15.9 Å². The van der Waals surface area contributed by atoms with E-state index < -0.39 is 0 Å². The molecule has 1 N–H and O–H groups in total. The molecule has 18 heavy (non-hydrogen) atoms. The van der Waals surface area contributed by atoms with E-state index in [1.165, 1.54) is 5.56 Å². The standard InChI is InChI=1S/C14H18BrNO2/c15-9-11-4-3-5-12(8-11)10-16-14(17)13-6-1-2-7-18-13/h3-5,8,13H,1-2,6-7,9-10H2,(H,16,17). The summed E-state index contributed by atoms with van der Waals surface area (Å²) in [6.07, 6.45) is 2.74. The van der Waals surface area contributed by atoms with Crippen LogP contribution in [0.4, 0.5) is 0 Å². The molecule has 0 saturated carbocycles. The van der Waals surface area contributed by atoms with Crippen LogP contribution in [-0.2, 0) is 21.4 Å². The van der Waals surface area contributed by atoms with Gasteiger partial charge in [0.1, 0.15) is 6.10 Å². The Hall–Kier alpha value is -0.870. The molecule has 0 bridgehead atoms. The zero-order valence-corrected chi connectivity index (χ0v) is 11.9. The van der Waals surface area contributed by atoms with Gasteiger partial charge in [-0.2, -0.15) is 0 Å². The molecule has 1 heterocycles. The molecule has 1 atom stereocenters. The lowest BCUT2D eigenvalue weighted by Gasteiger charge is -2.21. The van der Waals surface area contributed by atoms with E-state index >= 15 is 0 Å². The van der Waals surface area contributed by atoms with Crippen molar-refractivity contribution in [2.24, 2.45) is 0 Å². The minimum Gasteiger partial charge on any atom is -0.368 e. The lowest BCUT2D eigenvalue weighted by molar-refractivity contribution is -0.135. The topological polar surface area (TPSA) is 38.3 Å². The summed E-state index contributed by atoms with van der Waals surface area (Å²) in [5.41, 5.74) is 2.34. The average Bonchev–Trinajstić information content (AvgIpc) is 2.46. The SMILES string of the molecule is O=C(NCc1cccc(CBr)c1)C1CCCCO1. The van der Waals surface area contributed by atoms with Gasteiger partial charge in [0, 0.05) is 18.5 Å². The van der Waals surface area contributed by atoms with Crippen molar-refractivity contribution in [2.75, 3.05) is 6.61 Å². The van der Waals surface area contributed by atoms with Gasteiger partial charge in [-0.3, -0.25) is 4.79 Å². The van der Waals surface area contributed by atoms with Crippen LogP contribution in [0.25, 0.3) is 0 Å². The lowest BCUT2D eigenvalue weighted by Crippen LogP contribution is -2.37. The fraction of sp³-hybridized carbons (Fsp3) is 0.500. The van der Waals surface area contributed by atoms with Crippen molar-refractivity contribution in [3.63, 3.8) is 0 Å². The van der Waals surface area contributed by atoms with E-state index in [0.29, 0.717) is 13.2 Å². The molecule has 1 aliphatic heterocycles. The van der Waals surface area contributed by atoms with Gasteiger partial charge in [-0.15, -0.1) is 0 Å². The smallest absolute Gasteiger partial charge is 0.249 e. The number of halogens is 1. The van der Waals surface area contributed by atoms with Gasteiger partial charge in [0.25, 0.3) is 0 Å². The Morgan fingerprint density at radius 1 is 1.39 bits per heavy atom. The summed E-state index contributed by atoms with van der Waals surface area (Å²) in [5, 5.41) is 3.77. The molecule has 98 valence electrons. The average molecular weight is 312 g/mol. The second-order valence-electron chi connectivity index (χ2n) is 4.53. The Morgan fingerprint density at radius 2 is 2.22 bits per heavy atom. The van der Waals surface area contributed by atoms with E-state index in [1.54, 1.807) is 0 Å². The first-order valence-corrected chi connectivity index (χ1v) is 7.45. The van der Waals surface area contributed by atoms with E-state index in [9.17, 15) is 4.79 Å². The van der Waals surface area contributed by atoms with Crippen molar-refractivity contribution in [1.82, 2.24) is 5.32 Å². The van der Waals surface area contributed by atoms with Crippen molar-refractivity contribution in [3.8, 4) is 0 Å². The number of ether oxygens (including phenoxy) is 1. The Bertz CT molecular complexity index is 403. The number of amides is 1. The van der Waals surface area contributed by atoms with E-state index in [1.807, 2.05) is 12.1 Å². The number of carbonyl (C=O) groups is 1. The summed E-state index contributed by atoms with van der Waals surface area (Å²) in [6, 6.07) is 8.18. The summed E-state index contributed by atoms with van der Waals surface area (Å²) in [4.78, 5) is 11.9. The zero-order chi connectivity index (χ0) is 12.8. The number of hydrogen-bond acceptors (Lipinski definition) is 2. The highest BCUT2D eigenvalue weighted by molar-refractivity contribution is 9.08. The van der Waals surface area contributed by atoms with Gasteiger partial charge >= 0.3 is 0 Å². The fourth-order valence-electron chi connectivity index (χ4n) is 2.07. The van der Waals surface area contributed by atoms with E-state index in [0.717, 1.165) is 30.2 Å². The van der Waals surface area contributed by atoms with Gasteiger partial charge in [-0.25, -0.2) is 0 Å². The lowest BCUT2D eigenvalue weighted by atomic mass is 10.1. The van der Waals surface area contributed by atoms with Crippen LogP contribution in [0, 0.1) is 0 Å². The van der Waals surface area contributed by atoms with Gasteiger partial charge in [0.15, 0.2) is 0 Å². The van der Waals surface area contributed by atoms with Crippen molar-refractivity contribution in [2.45, 2.75) is 37.2 Å². The number of benzene rings is 1. The number of alkyl halides is 1. The number of hydrogen-bond donors (Lipinski definition) is 1. The molecule has 1 unspecified atom stereocenters. The predicted octanol–water partition coefficient (Wildman–Crippen LogP) is 2.77.